The van der Waals surface area contributed by atoms with Crippen LogP contribution in [0.25, 0.3) is 0 Å². The summed E-state index contributed by atoms with van der Waals surface area (Å²) < 4.78 is 1.92. The number of benzene rings is 1. The first-order chi connectivity index (χ1) is 9.88. The molecule has 1 atom stereocenters. The molecule has 1 heterocycles. The van der Waals surface area contributed by atoms with Gasteiger partial charge in [-0.1, -0.05) is 12.1 Å². The number of non-ortho nitro benzene ring substituents is 1. The van der Waals surface area contributed by atoms with E-state index in [1.807, 2.05) is 25.5 Å². The van der Waals surface area contributed by atoms with E-state index < -0.39 is 4.92 Å². The van der Waals surface area contributed by atoms with Gasteiger partial charge in [0.2, 0.25) is 0 Å². The summed E-state index contributed by atoms with van der Waals surface area (Å²) in [7, 11) is 0. The molecule has 0 saturated heterocycles. The highest BCUT2D eigenvalue weighted by Gasteiger charge is 2.13. The number of nitro groups is 1. The Kier molecular flexibility index (Phi) is 4.37. The molecule has 1 aromatic carbocycles. The molecule has 2 N–H and O–H groups in total. The number of nitrogens with zero attached hydrogens (tertiary/aromatic N) is 3. The van der Waals surface area contributed by atoms with Gasteiger partial charge in [-0.3, -0.25) is 14.8 Å². The van der Waals surface area contributed by atoms with E-state index in [1.165, 1.54) is 17.7 Å². The zero-order valence-electron chi connectivity index (χ0n) is 12.5. The minimum absolute atomic E-state index is 0.0967. The fraction of sp³-hybridized carbons (Fsp3) is 0.400. The molecule has 6 nitrogen and oxygen atoms in total. The Morgan fingerprint density at radius 1 is 1.33 bits per heavy atom. The van der Waals surface area contributed by atoms with Crippen LogP contribution in [-0.2, 0) is 13.0 Å². The van der Waals surface area contributed by atoms with Crippen molar-refractivity contribution in [3.63, 3.8) is 0 Å². The molecular formula is C15H20N4O2. The molecule has 0 saturated carbocycles. The van der Waals surface area contributed by atoms with Crippen LogP contribution < -0.4 is 5.73 Å². The fourth-order valence-electron chi connectivity index (χ4n) is 2.40. The molecule has 2 aromatic rings. The number of rotatable bonds is 5. The number of nitrogens with two attached hydrogens (primary N) is 1. The Morgan fingerprint density at radius 2 is 1.95 bits per heavy atom. The topological polar surface area (TPSA) is 87.0 Å². The average molecular weight is 288 g/mol. The van der Waals surface area contributed by atoms with Crippen molar-refractivity contribution in [3.8, 4) is 0 Å². The van der Waals surface area contributed by atoms with Crippen molar-refractivity contribution in [3.05, 3.63) is 56.9 Å². The predicted molar refractivity (Wildman–Crippen MR) is 81.3 cm³/mol. The van der Waals surface area contributed by atoms with E-state index in [0.29, 0.717) is 6.54 Å². The molecule has 0 bridgehead atoms. The quantitative estimate of drug-likeness (QED) is 0.675. The van der Waals surface area contributed by atoms with Crippen molar-refractivity contribution in [2.45, 2.75) is 39.8 Å². The minimum atomic E-state index is -0.395. The summed E-state index contributed by atoms with van der Waals surface area (Å²) in [6.45, 7) is 6.59. The standard InChI is InChI=1S/C15H20N4O2/c1-10(16)8-15-11(2)17-18(12(15)3)9-13-4-6-14(7-5-13)19(20)21/h4-7,10H,8-9,16H2,1-3H3. The van der Waals surface area contributed by atoms with Crippen LogP contribution in [0.3, 0.4) is 0 Å². The Hall–Kier alpha value is -2.21. The fourth-order valence-corrected chi connectivity index (χ4v) is 2.40. The van der Waals surface area contributed by atoms with Gasteiger partial charge < -0.3 is 5.73 Å². The lowest BCUT2D eigenvalue weighted by molar-refractivity contribution is -0.384. The molecule has 1 aromatic heterocycles. The largest absolute Gasteiger partial charge is 0.328 e. The van der Waals surface area contributed by atoms with Gasteiger partial charge in [0, 0.05) is 23.9 Å². The van der Waals surface area contributed by atoms with Crippen LogP contribution in [0, 0.1) is 24.0 Å². The number of aromatic nitrogens is 2. The molecule has 0 aliphatic carbocycles. The number of hydrogen-bond donors (Lipinski definition) is 1. The minimum Gasteiger partial charge on any atom is -0.328 e. The number of aryl methyl sites for hydroxylation is 1. The lowest BCUT2D eigenvalue weighted by atomic mass is 10.1. The zero-order valence-corrected chi connectivity index (χ0v) is 12.5. The highest BCUT2D eigenvalue weighted by Crippen LogP contribution is 2.18. The lowest BCUT2D eigenvalue weighted by Crippen LogP contribution is -2.18. The van der Waals surface area contributed by atoms with Crippen LogP contribution in [0.4, 0.5) is 5.69 Å². The third-order valence-corrected chi connectivity index (χ3v) is 3.54. The van der Waals surface area contributed by atoms with Gasteiger partial charge in [-0.15, -0.1) is 0 Å². The molecule has 0 fully saturated rings. The molecule has 112 valence electrons. The molecule has 0 aliphatic rings. The Labute approximate surface area is 123 Å². The van der Waals surface area contributed by atoms with Gasteiger partial charge in [-0.05, 0) is 38.3 Å². The van der Waals surface area contributed by atoms with E-state index in [4.69, 9.17) is 5.73 Å². The summed E-state index contributed by atoms with van der Waals surface area (Å²) in [5.41, 5.74) is 10.2. The van der Waals surface area contributed by atoms with Crippen LogP contribution in [0.1, 0.15) is 29.4 Å². The monoisotopic (exact) mass is 288 g/mol. The van der Waals surface area contributed by atoms with Crippen molar-refractivity contribution in [1.82, 2.24) is 9.78 Å². The third kappa shape index (κ3) is 3.46. The first-order valence-electron chi connectivity index (χ1n) is 6.90. The van der Waals surface area contributed by atoms with Gasteiger partial charge in [0.15, 0.2) is 0 Å². The van der Waals surface area contributed by atoms with Crippen molar-refractivity contribution in [2.75, 3.05) is 0 Å². The smallest absolute Gasteiger partial charge is 0.269 e. The second-order valence-corrected chi connectivity index (χ2v) is 5.41. The molecule has 1 unspecified atom stereocenters. The molecule has 21 heavy (non-hydrogen) atoms. The molecule has 2 rings (SSSR count). The van der Waals surface area contributed by atoms with E-state index in [2.05, 4.69) is 5.10 Å². The molecule has 6 heteroatoms. The summed E-state index contributed by atoms with van der Waals surface area (Å²) in [5, 5.41) is 15.2. The van der Waals surface area contributed by atoms with Crippen LogP contribution in [-0.4, -0.2) is 20.7 Å². The number of nitro benzene ring substituents is 1. The Balaban J connectivity index is 2.21. The molecule has 0 amide bonds. The third-order valence-electron chi connectivity index (χ3n) is 3.54. The molecule has 0 aliphatic heterocycles. The molecule has 0 spiro atoms. The zero-order chi connectivity index (χ0) is 15.6. The summed E-state index contributed by atoms with van der Waals surface area (Å²) in [5.74, 6) is 0. The normalized spacial score (nSPS) is 12.4. The van der Waals surface area contributed by atoms with E-state index in [1.54, 1.807) is 12.1 Å². The molecular weight excluding hydrogens is 268 g/mol. The average Bonchev–Trinajstić information content (AvgIpc) is 2.67. The second-order valence-electron chi connectivity index (χ2n) is 5.41. The van der Waals surface area contributed by atoms with Crippen molar-refractivity contribution >= 4 is 5.69 Å². The van der Waals surface area contributed by atoms with E-state index in [-0.39, 0.29) is 11.7 Å². The SMILES string of the molecule is Cc1nn(Cc2ccc([N+](=O)[O-])cc2)c(C)c1CC(C)N. The predicted octanol–water partition coefficient (Wildman–Crippen LogP) is 2.35. The maximum Gasteiger partial charge on any atom is 0.269 e. The van der Waals surface area contributed by atoms with Gasteiger partial charge in [-0.2, -0.15) is 5.10 Å². The highest BCUT2D eigenvalue weighted by molar-refractivity contribution is 5.33. The number of hydrogen-bond acceptors (Lipinski definition) is 4. The maximum atomic E-state index is 10.7. The van der Waals surface area contributed by atoms with E-state index >= 15 is 0 Å². The summed E-state index contributed by atoms with van der Waals surface area (Å²) >= 11 is 0. The summed E-state index contributed by atoms with van der Waals surface area (Å²) in [6.07, 6.45) is 0.804. The highest BCUT2D eigenvalue weighted by atomic mass is 16.6. The summed E-state index contributed by atoms with van der Waals surface area (Å²) in [6, 6.07) is 6.66. The maximum absolute atomic E-state index is 10.7. The van der Waals surface area contributed by atoms with Gasteiger partial charge in [0.05, 0.1) is 17.2 Å². The van der Waals surface area contributed by atoms with E-state index in [0.717, 1.165) is 23.4 Å². The Bertz CT molecular complexity index is 644. The van der Waals surface area contributed by atoms with Gasteiger partial charge in [0.1, 0.15) is 0 Å². The van der Waals surface area contributed by atoms with Gasteiger partial charge >= 0.3 is 0 Å². The van der Waals surface area contributed by atoms with Gasteiger partial charge in [-0.25, -0.2) is 0 Å². The van der Waals surface area contributed by atoms with Crippen molar-refractivity contribution in [1.29, 1.82) is 0 Å². The van der Waals surface area contributed by atoms with Crippen LogP contribution >= 0.6 is 0 Å². The van der Waals surface area contributed by atoms with Crippen LogP contribution in [0.5, 0.6) is 0 Å². The lowest BCUT2D eigenvalue weighted by Gasteiger charge is -2.07. The van der Waals surface area contributed by atoms with Crippen molar-refractivity contribution < 1.29 is 4.92 Å². The van der Waals surface area contributed by atoms with Crippen molar-refractivity contribution in [2.24, 2.45) is 5.73 Å². The van der Waals surface area contributed by atoms with Crippen LogP contribution in [0.15, 0.2) is 24.3 Å². The van der Waals surface area contributed by atoms with E-state index in [9.17, 15) is 10.1 Å². The second kappa shape index (κ2) is 6.05. The summed E-state index contributed by atoms with van der Waals surface area (Å²) in [4.78, 5) is 10.3. The first kappa shape index (κ1) is 15.2. The van der Waals surface area contributed by atoms with Gasteiger partial charge in [0.25, 0.3) is 5.69 Å². The first-order valence-corrected chi connectivity index (χ1v) is 6.90. The molecule has 0 radical (unpaired) electrons. The van der Waals surface area contributed by atoms with Crippen LogP contribution in [0.2, 0.25) is 0 Å². The Morgan fingerprint density at radius 3 is 2.48 bits per heavy atom.